The van der Waals surface area contributed by atoms with Gasteiger partial charge < -0.3 is 15.8 Å². The second kappa shape index (κ2) is 6.98. The van der Waals surface area contributed by atoms with Crippen molar-refractivity contribution >= 4 is 17.4 Å². The lowest BCUT2D eigenvalue weighted by molar-refractivity contribution is -0.385. The number of methoxy groups -OCH3 is 1. The maximum absolute atomic E-state index is 12.1. The lowest BCUT2D eigenvalue weighted by Crippen LogP contribution is -2.35. The highest BCUT2D eigenvalue weighted by Gasteiger charge is 2.21. The smallest absolute Gasteiger partial charge is 0.288 e. The average molecular weight is 296 g/mol. The number of aromatic nitrogens is 1. The molecule has 0 saturated carbocycles. The zero-order chi connectivity index (χ0) is 16.0. The standard InChI is InChI=1S/C13H20N4O4/c1-13(2,4-5-21-3)8-16-12(18)10-6-9(17(19)20)7-15-11(10)14/h6-7H,4-5,8H2,1-3H3,(H2,14,15)(H,16,18). The molecular formula is C13H20N4O4. The first-order valence-electron chi connectivity index (χ1n) is 6.44. The van der Waals surface area contributed by atoms with Crippen molar-refractivity contribution in [3.05, 3.63) is 27.9 Å². The van der Waals surface area contributed by atoms with Gasteiger partial charge in [0, 0.05) is 26.3 Å². The molecule has 0 spiro atoms. The van der Waals surface area contributed by atoms with Crippen molar-refractivity contribution in [1.82, 2.24) is 10.3 Å². The molecular weight excluding hydrogens is 276 g/mol. The number of carbonyl (C=O) groups is 1. The SMILES string of the molecule is COCCC(C)(C)CNC(=O)c1cc([N+](=O)[O-])cnc1N. The van der Waals surface area contributed by atoms with Crippen molar-refractivity contribution in [3.8, 4) is 0 Å². The summed E-state index contributed by atoms with van der Waals surface area (Å²) < 4.78 is 5.01. The molecule has 0 bridgehead atoms. The summed E-state index contributed by atoms with van der Waals surface area (Å²) in [6.45, 7) is 4.96. The summed E-state index contributed by atoms with van der Waals surface area (Å²) in [4.78, 5) is 25.8. The number of anilines is 1. The van der Waals surface area contributed by atoms with E-state index in [2.05, 4.69) is 10.3 Å². The number of hydrogen-bond acceptors (Lipinski definition) is 6. The summed E-state index contributed by atoms with van der Waals surface area (Å²) in [6.07, 6.45) is 1.79. The van der Waals surface area contributed by atoms with E-state index in [9.17, 15) is 14.9 Å². The summed E-state index contributed by atoms with van der Waals surface area (Å²) in [6, 6.07) is 1.12. The first-order chi connectivity index (χ1) is 9.76. The van der Waals surface area contributed by atoms with Crippen molar-refractivity contribution in [3.63, 3.8) is 0 Å². The van der Waals surface area contributed by atoms with Crippen LogP contribution in [0.1, 0.15) is 30.6 Å². The number of amides is 1. The van der Waals surface area contributed by atoms with Gasteiger partial charge in [-0.2, -0.15) is 0 Å². The molecule has 8 nitrogen and oxygen atoms in total. The Morgan fingerprint density at radius 1 is 1.57 bits per heavy atom. The van der Waals surface area contributed by atoms with Gasteiger partial charge in [0.05, 0.1) is 10.5 Å². The largest absolute Gasteiger partial charge is 0.385 e. The molecule has 1 aromatic heterocycles. The van der Waals surface area contributed by atoms with Gasteiger partial charge in [-0.3, -0.25) is 14.9 Å². The molecule has 0 saturated heterocycles. The minimum absolute atomic E-state index is 0.00624. The second-order valence-electron chi connectivity index (χ2n) is 5.47. The molecule has 1 heterocycles. The molecule has 21 heavy (non-hydrogen) atoms. The van der Waals surface area contributed by atoms with E-state index in [4.69, 9.17) is 10.5 Å². The maximum Gasteiger partial charge on any atom is 0.288 e. The fourth-order valence-corrected chi connectivity index (χ4v) is 1.63. The molecule has 116 valence electrons. The third kappa shape index (κ3) is 4.99. The van der Waals surface area contributed by atoms with Crippen molar-refractivity contribution in [2.75, 3.05) is 26.0 Å². The third-order valence-corrected chi connectivity index (χ3v) is 3.07. The molecule has 1 aromatic rings. The number of pyridine rings is 1. The Morgan fingerprint density at radius 2 is 2.24 bits per heavy atom. The van der Waals surface area contributed by atoms with E-state index in [1.807, 2.05) is 13.8 Å². The van der Waals surface area contributed by atoms with Crippen molar-refractivity contribution < 1.29 is 14.5 Å². The van der Waals surface area contributed by atoms with Gasteiger partial charge in [-0.15, -0.1) is 0 Å². The lowest BCUT2D eigenvalue weighted by atomic mass is 9.89. The fraction of sp³-hybridized carbons (Fsp3) is 0.538. The number of nitrogen functional groups attached to an aromatic ring is 1. The van der Waals surface area contributed by atoms with E-state index in [1.165, 1.54) is 0 Å². The van der Waals surface area contributed by atoms with Crippen LogP contribution in [-0.4, -0.2) is 36.1 Å². The van der Waals surface area contributed by atoms with Crippen LogP contribution in [0.2, 0.25) is 0 Å². The van der Waals surface area contributed by atoms with Crippen LogP contribution >= 0.6 is 0 Å². The minimum Gasteiger partial charge on any atom is -0.385 e. The topological polar surface area (TPSA) is 120 Å². The zero-order valence-electron chi connectivity index (χ0n) is 12.4. The highest BCUT2D eigenvalue weighted by molar-refractivity contribution is 5.98. The monoisotopic (exact) mass is 296 g/mol. The number of nitrogens with one attached hydrogen (secondary N) is 1. The number of carbonyl (C=O) groups excluding carboxylic acids is 1. The normalized spacial score (nSPS) is 11.2. The summed E-state index contributed by atoms with van der Waals surface area (Å²) in [5.41, 5.74) is 5.17. The first kappa shape index (κ1) is 16.8. The summed E-state index contributed by atoms with van der Waals surface area (Å²) in [5, 5.41) is 13.4. The summed E-state index contributed by atoms with van der Waals surface area (Å²) in [5.74, 6) is -0.512. The van der Waals surface area contributed by atoms with E-state index in [0.29, 0.717) is 13.2 Å². The fourth-order valence-electron chi connectivity index (χ4n) is 1.63. The van der Waals surface area contributed by atoms with Crippen LogP contribution in [0.3, 0.4) is 0 Å². The van der Waals surface area contributed by atoms with Crippen LogP contribution in [0.4, 0.5) is 11.5 Å². The number of nitrogens with two attached hydrogens (primary N) is 1. The maximum atomic E-state index is 12.1. The van der Waals surface area contributed by atoms with Gasteiger partial charge in [0.25, 0.3) is 11.6 Å². The van der Waals surface area contributed by atoms with Gasteiger partial charge in [-0.25, -0.2) is 4.98 Å². The summed E-state index contributed by atoms with van der Waals surface area (Å²) in [7, 11) is 1.62. The number of nitrogens with zero attached hydrogens (tertiary/aromatic N) is 2. The van der Waals surface area contributed by atoms with Gasteiger partial charge >= 0.3 is 0 Å². The lowest BCUT2D eigenvalue weighted by Gasteiger charge is -2.24. The van der Waals surface area contributed by atoms with Gasteiger partial charge in [0.15, 0.2) is 0 Å². The molecule has 0 radical (unpaired) electrons. The molecule has 3 N–H and O–H groups in total. The minimum atomic E-state index is -0.619. The molecule has 0 aliphatic carbocycles. The molecule has 1 amide bonds. The number of rotatable bonds is 7. The molecule has 0 aliphatic heterocycles. The Morgan fingerprint density at radius 3 is 2.81 bits per heavy atom. The van der Waals surface area contributed by atoms with Gasteiger partial charge in [0.1, 0.15) is 12.0 Å². The van der Waals surface area contributed by atoms with Crippen LogP contribution < -0.4 is 11.1 Å². The Hall–Kier alpha value is -2.22. The van der Waals surface area contributed by atoms with E-state index in [-0.39, 0.29) is 22.5 Å². The number of ether oxygens (including phenoxy) is 1. The van der Waals surface area contributed by atoms with Crippen LogP contribution in [0.25, 0.3) is 0 Å². The van der Waals surface area contributed by atoms with E-state index < -0.39 is 10.8 Å². The predicted molar refractivity (Wildman–Crippen MR) is 77.9 cm³/mol. The van der Waals surface area contributed by atoms with Crippen LogP contribution in [-0.2, 0) is 4.74 Å². The van der Waals surface area contributed by atoms with Crippen LogP contribution in [0.15, 0.2) is 12.3 Å². The Bertz CT molecular complexity index is 531. The molecule has 0 aromatic carbocycles. The predicted octanol–water partition coefficient (Wildman–Crippen LogP) is 1.36. The summed E-state index contributed by atoms with van der Waals surface area (Å²) >= 11 is 0. The molecule has 0 fully saturated rings. The van der Waals surface area contributed by atoms with Gasteiger partial charge in [-0.05, 0) is 11.8 Å². The third-order valence-electron chi connectivity index (χ3n) is 3.07. The highest BCUT2D eigenvalue weighted by Crippen LogP contribution is 2.20. The van der Waals surface area contributed by atoms with E-state index in [1.54, 1.807) is 7.11 Å². The van der Waals surface area contributed by atoms with Gasteiger partial charge in [0.2, 0.25) is 0 Å². The van der Waals surface area contributed by atoms with E-state index >= 15 is 0 Å². The van der Waals surface area contributed by atoms with E-state index in [0.717, 1.165) is 18.7 Å². The van der Waals surface area contributed by atoms with Crippen LogP contribution in [0, 0.1) is 15.5 Å². The zero-order valence-corrected chi connectivity index (χ0v) is 12.4. The molecule has 0 unspecified atom stereocenters. The molecule has 1 rings (SSSR count). The second-order valence-corrected chi connectivity index (χ2v) is 5.47. The molecule has 0 aliphatic rings. The Balaban J connectivity index is 2.76. The quantitative estimate of drug-likeness (QED) is 0.579. The molecule has 0 atom stereocenters. The number of nitro groups is 1. The average Bonchev–Trinajstić information content (AvgIpc) is 2.43. The Labute approximate surface area is 122 Å². The Kier molecular flexibility index (Phi) is 5.60. The highest BCUT2D eigenvalue weighted by atomic mass is 16.6. The first-order valence-corrected chi connectivity index (χ1v) is 6.44. The number of hydrogen-bond donors (Lipinski definition) is 2. The van der Waals surface area contributed by atoms with Crippen molar-refractivity contribution in [1.29, 1.82) is 0 Å². The van der Waals surface area contributed by atoms with Gasteiger partial charge in [-0.1, -0.05) is 13.8 Å². The molecule has 8 heteroatoms. The van der Waals surface area contributed by atoms with Crippen LogP contribution in [0.5, 0.6) is 0 Å². The van der Waals surface area contributed by atoms with Crippen molar-refractivity contribution in [2.45, 2.75) is 20.3 Å². The van der Waals surface area contributed by atoms with Crippen molar-refractivity contribution in [2.24, 2.45) is 5.41 Å².